The number of carboxylic acid groups (broad SMARTS) is 1. The van der Waals surface area contributed by atoms with Crippen LogP contribution in [0.1, 0.15) is 16.8 Å². The van der Waals surface area contributed by atoms with Gasteiger partial charge in [0, 0.05) is 10.2 Å². The van der Waals surface area contributed by atoms with Gasteiger partial charge in [-0.05, 0) is 31.5 Å². The van der Waals surface area contributed by atoms with Crippen molar-refractivity contribution in [3.63, 3.8) is 0 Å². The van der Waals surface area contributed by atoms with Crippen LogP contribution in [0.4, 0.5) is 0 Å². The number of nitrogens with one attached hydrogen (secondary N) is 1. The Bertz CT molecular complexity index is 700. The van der Waals surface area contributed by atoms with Crippen LogP contribution in [0, 0.1) is 13.8 Å². The highest BCUT2D eigenvalue weighted by Crippen LogP contribution is 2.20. The fourth-order valence-electron chi connectivity index (χ4n) is 1.89. The van der Waals surface area contributed by atoms with Gasteiger partial charge in [0.25, 0.3) is 5.56 Å². The van der Waals surface area contributed by atoms with Crippen molar-refractivity contribution in [2.24, 2.45) is 0 Å². The molecular weight excluding hydrogens is 312 g/mol. The fourth-order valence-corrected chi connectivity index (χ4v) is 2.26. The number of aromatic nitrogens is 2. The fraction of sp³-hybridized carbons (Fsp3) is 0.231. The largest absolute Gasteiger partial charge is 0.481 e. The van der Waals surface area contributed by atoms with Crippen LogP contribution in [-0.2, 0) is 11.2 Å². The summed E-state index contributed by atoms with van der Waals surface area (Å²) < 4.78 is 2.53. The van der Waals surface area contributed by atoms with Gasteiger partial charge in [-0.15, -0.1) is 0 Å². The monoisotopic (exact) mass is 324 g/mol. The van der Waals surface area contributed by atoms with Gasteiger partial charge < -0.3 is 5.11 Å². The molecule has 100 valence electrons. The average Bonchev–Trinajstić information content (AvgIpc) is 2.60. The predicted octanol–water partition coefficient (Wildman–Crippen LogP) is 2.17. The lowest BCUT2D eigenvalue weighted by Crippen LogP contribution is -2.11. The number of aromatic amines is 1. The van der Waals surface area contributed by atoms with Crippen molar-refractivity contribution in [1.29, 1.82) is 0 Å². The molecule has 0 aliphatic rings. The molecule has 0 saturated heterocycles. The van der Waals surface area contributed by atoms with Crippen molar-refractivity contribution in [2.75, 3.05) is 0 Å². The van der Waals surface area contributed by atoms with Crippen molar-refractivity contribution in [3.05, 3.63) is 49.8 Å². The highest BCUT2D eigenvalue weighted by Gasteiger charge is 2.15. The van der Waals surface area contributed by atoms with E-state index < -0.39 is 5.97 Å². The van der Waals surface area contributed by atoms with E-state index in [4.69, 9.17) is 5.11 Å². The molecule has 2 aromatic rings. The zero-order valence-electron chi connectivity index (χ0n) is 10.5. The van der Waals surface area contributed by atoms with Crippen LogP contribution in [0.15, 0.2) is 27.5 Å². The molecule has 1 heterocycles. The number of carbonyl (C=O) groups is 1. The van der Waals surface area contributed by atoms with Crippen LogP contribution in [0.25, 0.3) is 5.69 Å². The van der Waals surface area contributed by atoms with E-state index in [9.17, 15) is 9.59 Å². The Hall–Kier alpha value is -1.82. The van der Waals surface area contributed by atoms with E-state index >= 15 is 0 Å². The average molecular weight is 325 g/mol. The maximum absolute atomic E-state index is 11.8. The normalized spacial score (nSPS) is 10.7. The van der Waals surface area contributed by atoms with Crippen molar-refractivity contribution < 1.29 is 9.90 Å². The molecule has 0 spiro atoms. The maximum Gasteiger partial charge on any atom is 0.308 e. The lowest BCUT2D eigenvalue weighted by molar-refractivity contribution is -0.136. The Morgan fingerprint density at radius 3 is 2.68 bits per heavy atom. The lowest BCUT2D eigenvalue weighted by Gasteiger charge is -2.07. The van der Waals surface area contributed by atoms with Crippen molar-refractivity contribution in [3.8, 4) is 5.69 Å². The van der Waals surface area contributed by atoms with Gasteiger partial charge in [0.15, 0.2) is 0 Å². The third-order valence-electron chi connectivity index (χ3n) is 3.00. The molecule has 2 rings (SSSR count). The van der Waals surface area contributed by atoms with Gasteiger partial charge >= 0.3 is 5.97 Å². The van der Waals surface area contributed by atoms with E-state index in [1.54, 1.807) is 11.6 Å². The van der Waals surface area contributed by atoms with Gasteiger partial charge in [-0.1, -0.05) is 22.0 Å². The summed E-state index contributed by atoms with van der Waals surface area (Å²) in [5, 5.41) is 11.5. The maximum atomic E-state index is 11.8. The Labute approximate surface area is 118 Å². The number of aryl methyl sites for hydroxylation is 1. The summed E-state index contributed by atoms with van der Waals surface area (Å²) in [6.45, 7) is 3.69. The highest BCUT2D eigenvalue weighted by atomic mass is 79.9. The topological polar surface area (TPSA) is 75.1 Å². The number of aliphatic carboxylic acids is 1. The zero-order valence-corrected chi connectivity index (χ0v) is 12.1. The SMILES string of the molecule is Cc1ccc(-n2[nH]c(=O)c(CC(=O)O)c2C)cc1Br. The molecule has 5 nitrogen and oxygen atoms in total. The first-order valence-electron chi connectivity index (χ1n) is 5.69. The third-order valence-corrected chi connectivity index (χ3v) is 3.86. The minimum absolute atomic E-state index is 0.277. The molecular formula is C13H13BrN2O3. The van der Waals surface area contributed by atoms with Gasteiger partial charge in [0.2, 0.25) is 0 Å². The van der Waals surface area contributed by atoms with Crippen molar-refractivity contribution in [2.45, 2.75) is 20.3 Å². The summed E-state index contributed by atoms with van der Waals surface area (Å²) in [7, 11) is 0. The minimum Gasteiger partial charge on any atom is -0.481 e. The van der Waals surface area contributed by atoms with E-state index in [1.165, 1.54) is 0 Å². The summed E-state index contributed by atoms with van der Waals surface area (Å²) in [5.74, 6) is -1.02. The molecule has 0 saturated carbocycles. The van der Waals surface area contributed by atoms with E-state index in [1.807, 2.05) is 25.1 Å². The van der Waals surface area contributed by atoms with Crippen LogP contribution in [0.2, 0.25) is 0 Å². The molecule has 0 amide bonds. The van der Waals surface area contributed by atoms with Gasteiger partial charge in [-0.25, -0.2) is 0 Å². The molecule has 0 aliphatic heterocycles. The summed E-state index contributed by atoms with van der Waals surface area (Å²) >= 11 is 3.43. The Kier molecular flexibility index (Phi) is 3.61. The number of carboxylic acids is 1. The summed E-state index contributed by atoms with van der Waals surface area (Å²) in [5.41, 5.74) is 2.40. The quantitative estimate of drug-likeness (QED) is 0.908. The number of nitrogens with zero attached hydrogens (tertiary/aromatic N) is 1. The first-order valence-corrected chi connectivity index (χ1v) is 6.48. The lowest BCUT2D eigenvalue weighted by atomic mass is 10.2. The van der Waals surface area contributed by atoms with Crippen LogP contribution in [0.5, 0.6) is 0 Å². The van der Waals surface area contributed by atoms with Crippen molar-refractivity contribution in [1.82, 2.24) is 9.78 Å². The number of hydrogen-bond donors (Lipinski definition) is 2. The number of rotatable bonds is 3. The molecule has 2 N–H and O–H groups in total. The first-order chi connectivity index (χ1) is 8.90. The van der Waals surface area contributed by atoms with Crippen LogP contribution in [-0.4, -0.2) is 20.9 Å². The molecule has 19 heavy (non-hydrogen) atoms. The van der Waals surface area contributed by atoms with Crippen LogP contribution >= 0.6 is 15.9 Å². The number of benzene rings is 1. The van der Waals surface area contributed by atoms with E-state index in [-0.39, 0.29) is 17.5 Å². The molecule has 0 fully saturated rings. The highest BCUT2D eigenvalue weighted by molar-refractivity contribution is 9.10. The van der Waals surface area contributed by atoms with E-state index in [2.05, 4.69) is 21.0 Å². The summed E-state index contributed by atoms with van der Waals surface area (Å²) in [4.78, 5) is 22.5. The predicted molar refractivity (Wildman–Crippen MR) is 74.9 cm³/mol. The third kappa shape index (κ3) is 2.63. The molecule has 1 aromatic heterocycles. The Morgan fingerprint density at radius 2 is 2.11 bits per heavy atom. The van der Waals surface area contributed by atoms with Gasteiger partial charge in [0.1, 0.15) is 0 Å². The smallest absolute Gasteiger partial charge is 0.308 e. The molecule has 1 aromatic carbocycles. The number of halogens is 1. The first kappa shape index (κ1) is 13.6. The molecule has 0 atom stereocenters. The number of hydrogen-bond acceptors (Lipinski definition) is 2. The second-order valence-corrected chi connectivity index (χ2v) is 5.20. The van der Waals surface area contributed by atoms with E-state index in [0.717, 1.165) is 15.7 Å². The summed E-state index contributed by atoms with van der Waals surface area (Å²) in [6, 6.07) is 5.67. The van der Waals surface area contributed by atoms with Crippen LogP contribution < -0.4 is 5.56 Å². The molecule has 0 aliphatic carbocycles. The molecule has 0 radical (unpaired) electrons. The van der Waals surface area contributed by atoms with Gasteiger partial charge in [-0.3, -0.25) is 19.4 Å². The molecule has 0 unspecified atom stereocenters. The van der Waals surface area contributed by atoms with Crippen LogP contribution in [0.3, 0.4) is 0 Å². The standard InChI is InChI=1S/C13H13BrN2O3/c1-7-3-4-9(5-11(7)14)16-8(2)10(6-12(17)18)13(19)15-16/h3-5H,6H2,1-2H3,(H,15,19)(H,17,18). The summed E-state index contributed by atoms with van der Waals surface area (Å²) in [6.07, 6.45) is -0.277. The second kappa shape index (κ2) is 5.05. The van der Waals surface area contributed by atoms with Crippen molar-refractivity contribution >= 4 is 21.9 Å². The van der Waals surface area contributed by atoms with Gasteiger partial charge in [0.05, 0.1) is 17.7 Å². The van der Waals surface area contributed by atoms with Gasteiger partial charge in [-0.2, -0.15) is 0 Å². The second-order valence-electron chi connectivity index (χ2n) is 4.34. The Morgan fingerprint density at radius 1 is 1.42 bits per heavy atom. The Balaban J connectivity index is 2.54. The number of H-pyrrole nitrogens is 1. The zero-order chi connectivity index (χ0) is 14.2. The minimum atomic E-state index is -1.02. The van der Waals surface area contributed by atoms with E-state index in [0.29, 0.717) is 5.69 Å². The molecule has 0 bridgehead atoms. The molecule has 6 heteroatoms.